The summed E-state index contributed by atoms with van der Waals surface area (Å²) in [5.74, 6) is 0.776. The van der Waals surface area contributed by atoms with Crippen LogP contribution in [0, 0.1) is 5.82 Å². The number of para-hydroxylation sites is 1. The molecular formula is C25H21ClFN5O2S. The van der Waals surface area contributed by atoms with Gasteiger partial charge in [-0.25, -0.2) is 4.39 Å². The largest absolute Gasteiger partial charge is 0.492 e. The maximum absolute atomic E-state index is 14.3. The SMILES string of the molecule is Oc1c([C@@H](c2cccc(Cl)c2)N2CCN(c3ccccc3F)CC2)sc2nc(-c3ccco3)nn12. The van der Waals surface area contributed by atoms with Gasteiger partial charge in [0.2, 0.25) is 16.7 Å². The minimum Gasteiger partial charge on any atom is -0.492 e. The van der Waals surface area contributed by atoms with Crippen molar-refractivity contribution in [3.8, 4) is 17.5 Å². The highest BCUT2D eigenvalue weighted by Gasteiger charge is 2.32. The van der Waals surface area contributed by atoms with Gasteiger partial charge < -0.3 is 14.4 Å². The van der Waals surface area contributed by atoms with Crippen molar-refractivity contribution in [1.82, 2.24) is 19.5 Å². The van der Waals surface area contributed by atoms with E-state index in [0.717, 1.165) is 10.4 Å². The van der Waals surface area contributed by atoms with Crippen molar-refractivity contribution in [2.75, 3.05) is 31.1 Å². The summed E-state index contributed by atoms with van der Waals surface area (Å²) in [6, 6.07) is 17.8. The van der Waals surface area contributed by atoms with E-state index < -0.39 is 0 Å². The fourth-order valence-electron chi connectivity index (χ4n) is 4.57. The number of hydrogen-bond donors (Lipinski definition) is 1. The standard InChI is InChI=1S/C25H21ClFN5O2S/c26-17-6-3-5-16(15-17)21(31-12-10-30(11-13-31)19-8-2-1-7-18(19)27)22-24(33)32-25(35-22)28-23(29-32)20-9-4-14-34-20/h1-9,14-15,21,33H,10-13H2/t21-/m1/s1. The molecule has 5 aromatic rings. The molecular weight excluding hydrogens is 489 g/mol. The summed E-state index contributed by atoms with van der Waals surface area (Å²) in [6.45, 7) is 2.66. The molecule has 0 amide bonds. The molecule has 0 radical (unpaired) electrons. The quantitative estimate of drug-likeness (QED) is 0.339. The lowest BCUT2D eigenvalue weighted by atomic mass is 10.0. The molecule has 1 fully saturated rings. The minimum absolute atomic E-state index is 0.0387. The van der Waals surface area contributed by atoms with Crippen LogP contribution in [0.2, 0.25) is 5.02 Å². The van der Waals surface area contributed by atoms with Crippen LogP contribution in [0.1, 0.15) is 16.5 Å². The van der Waals surface area contributed by atoms with Crippen LogP contribution in [-0.2, 0) is 0 Å². The Balaban J connectivity index is 1.35. The monoisotopic (exact) mass is 509 g/mol. The fourth-order valence-corrected chi connectivity index (χ4v) is 5.89. The van der Waals surface area contributed by atoms with Crippen LogP contribution in [0.4, 0.5) is 10.1 Å². The molecule has 1 atom stereocenters. The molecule has 4 heterocycles. The third kappa shape index (κ3) is 4.05. The summed E-state index contributed by atoms with van der Waals surface area (Å²) in [7, 11) is 0. The molecule has 10 heteroatoms. The molecule has 1 aliphatic heterocycles. The van der Waals surface area contributed by atoms with E-state index in [2.05, 4.69) is 19.9 Å². The summed E-state index contributed by atoms with van der Waals surface area (Å²) in [5.41, 5.74) is 1.57. The number of halogens is 2. The number of nitrogens with zero attached hydrogens (tertiary/aromatic N) is 5. The lowest BCUT2D eigenvalue weighted by Gasteiger charge is -2.40. The molecule has 0 aliphatic carbocycles. The fraction of sp³-hybridized carbons (Fsp3) is 0.200. The number of piperazine rings is 1. The first kappa shape index (κ1) is 22.1. The van der Waals surface area contributed by atoms with E-state index in [-0.39, 0.29) is 17.7 Å². The van der Waals surface area contributed by atoms with Gasteiger partial charge in [-0.15, -0.1) is 5.10 Å². The maximum Gasteiger partial charge on any atom is 0.230 e. The van der Waals surface area contributed by atoms with Crippen LogP contribution in [-0.4, -0.2) is 50.8 Å². The number of rotatable bonds is 5. The summed E-state index contributed by atoms with van der Waals surface area (Å²) >= 11 is 7.73. The van der Waals surface area contributed by atoms with Crippen LogP contribution >= 0.6 is 22.9 Å². The molecule has 35 heavy (non-hydrogen) atoms. The van der Waals surface area contributed by atoms with Crippen molar-refractivity contribution >= 4 is 33.6 Å². The second kappa shape index (κ2) is 8.99. The highest BCUT2D eigenvalue weighted by atomic mass is 35.5. The Morgan fingerprint density at radius 3 is 2.57 bits per heavy atom. The molecule has 7 nitrogen and oxygen atoms in total. The van der Waals surface area contributed by atoms with E-state index in [1.165, 1.54) is 21.9 Å². The van der Waals surface area contributed by atoms with Gasteiger partial charge in [0.15, 0.2) is 5.76 Å². The van der Waals surface area contributed by atoms with E-state index in [0.29, 0.717) is 53.4 Å². The van der Waals surface area contributed by atoms with Crippen LogP contribution in [0.15, 0.2) is 71.3 Å². The van der Waals surface area contributed by atoms with Crippen molar-refractivity contribution in [2.45, 2.75) is 6.04 Å². The number of aromatic nitrogens is 3. The number of hydrogen-bond acceptors (Lipinski definition) is 7. The number of benzene rings is 2. The van der Waals surface area contributed by atoms with Gasteiger partial charge in [-0.05, 0) is 42.0 Å². The average Bonchev–Trinajstić information content (AvgIpc) is 3.59. The van der Waals surface area contributed by atoms with Gasteiger partial charge >= 0.3 is 0 Å². The third-order valence-electron chi connectivity index (χ3n) is 6.23. The Kier molecular flexibility index (Phi) is 5.68. The van der Waals surface area contributed by atoms with Crippen LogP contribution in [0.3, 0.4) is 0 Å². The topological polar surface area (TPSA) is 70.0 Å². The molecule has 1 saturated heterocycles. The van der Waals surface area contributed by atoms with E-state index >= 15 is 0 Å². The van der Waals surface area contributed by atoms with Gasteiger partial charge in [0.25, 0.3) is 0 Å². The van der Waals surface area contributed by atoms with Crippen molar-refractivity contribution in [2.24, 2.45) is 0 Å². The molecule has 1 aliphatic rings. The molecule has 1 N–H and O–H groups in total. The first-order valence-electron chi connectivity index (χ1n) is 11.2. The number of aromatic hydroxyl groups is 1. The number of anilines is 1. The van der Waals surface area contributed by atoms with Gasteiger partial charge in [0.05, 0.1) is 22.9 Å². The normalized spacial score (nSPS) is 15.7. The smallest absolute Gasteiger partial charge is 0.230 e. The van der Waals surface area contributed by atoms with E-state index in [9.17, 15) is 9.50 Å². The molecule has 0 spiro atoms. The zero-order valence-electron chi connectivity index (χ0n) is 18.5. The van der Waals surface area contributed by atoms with Crippen molar-refractivity contribution in [3.05, 3.63) is 88.2 Å². The number of fused-ring (bicyclic) bond motifs is 1. The summed E-state index contributed by atoms with van der Waals surface area (Å²) in [6.07, 6.45) is 1.56. The molecule has 6 rings (SSSR count). The summed E-state index contributed by atoms with van der Waals surface area (Å²) in [4.78, 5) is 10.2. The van der Waals surface area contributed by atoms with E-state index in [1.54, 1.807) is 24.5 Å². The Morgan fingerprint density at radius 1 is 1.03 bits per heavy atom. The van der Waals surface area contributed by atoms with Gasteiger partial charge in [-0.2, -0.15) is 9.50 Å². The third-order valence-corrected chi connectivity index (χ3v) is 7.53. The van der Waals surface area contributed by atoms with Crippen molar-refractivity contribution < 1.29 is 13.9 Å². The first-order chi connectivity index (χ1) is 17.1. The van der Waals surface area contributed by atoms with E-state index in [4.69, 9.17) is 16.0 Å². The summed E-state index contributed by atoms with van der Waals surface area (Å²) in [5, 5.41) is 16.3. The Labute approximate surface area is 209 Å². The van der Waals surface area contributed by atoms with Crippen molar-refractivity contribution in [3.63, 3.8) is 0 Å². The first-order valence-corrected chi connectivity index (χ1v) is 12.4. The molecule has 178 valence electrons. The van der Waals surface area contributed by atoms with Crippen molar-refractivity contribution in [1.29, 1.82) is 0 Å². The van der Waals surface area contributed by atoms with Crippen LogP contribution in [0.25, 0.3) is 16.5 Å². The minimum atomic E-state index is -0.253. The zero-order valence-corrected chi connectivity index (χ0v) is 20.1. The van der Waals surface area contributed by atoms with Gasteiger partial charge in [-0.1, -0.05) is 47.2 Å². The Bertz CT molecular complexity index is 1480. The van der Waals surface area contributed by atoms with Gasteiger partial charge in [0.1, 0.15) is 5.82 Å². The number of thiazole rings is 1. The van der Waals surface area contributed by atoms with Crippen LogP contribution < -0.4 is 4.90 Å². The lowest BCUT2D eigenvalue weighted by Crippen LogP contribution is -2.48. The maximum atomic E-state index is 14.3. The molecule has 2 aromatic carbocycles. The van der Waals surface area contributed by atoms with Crippen LogP contribution in [0.5, 0.6) is 5.88 Å². The van der Waals surface area contributed by atoms with E-state index in [1.807, 2.05) is 36.4 Å². The summed E-state index contributed by atoms with van der Waals surface area (Å²) < 4.78 is 21.2. The molecule has 0 bridgehead atoms. The highest BCUT2D eigenvalue weighted by molar-refractivity contribution is 7.17. The highest BCUT2D eigenvalue weighted by Crippen LogP contribution is 2.41. The number of furan rings is 1. The lowest BCUT2D eigenvalue weighted by molar-refractivity contribution is 0.210. The predicted molar refractivity (Wildman–Crippen MR) is 134 cm³/mol. The molecule has 3 aromatic heterocycles. The van der Waals surface area contributed by atoms with Gasteiger partial charge in [-0.3, -0.25) is 4.90 Å². The average molecular weight is 510 g/mol. The second-order valence-electron chi connectivity index (χ2n) is 8.33. The molecule has 0 saturated carbocycles. The van der Waals surface area contributed by atoms with Gasteiger partial charge in [0, 0.05) is 31.2 Å². The molecule has 0 unspecified atom stereocenters. The zero-order chi connectivity index (χ0) is 23.9. The second-order valence-corrected chi connectivity index (χ2v) is 9.77. The Hall–Kier alpha value is -3.40. The predicted octanol–water partition coefficient (Wildman–Crippen LogP) is 5.46. The Morgan fingerprint density at radius 2 is 1.86 bits per heavy atom.